The van der Waals surface area contributed by atoms with E-state index in [0.717, 1.165) is 18.8 Å². The third-order valence-corrected chi connectivity index (χ3v) is 5.68. The van der Waals surface area contributed by atoms with Crippen molar-refractivity contribution in [3.05, 3.63) is 65.7 Å². The molecule has 1 atom stereocenters. The highest BCUT2D eigenvalue weighted by Crippen LogP contribution is 2.41. The molecule has 2 aliphatic heterocycles. The first-order chi connectivity index (χ1) is 14.1. The predicted molar refractivity (Wildman–Crippen MR) is 112 cm³/mol. The Morgan fingerprint density at radius 2 is 1.79 bits per heavy atom. The van der Waals surface area contributed by atoms with Gasteiger partial charge in [-0.2, -0.15) is 0 Å². The molecule has 3 heterocycles. The minimum atomic E-state index is -0.676. The van der Waals surface area contributed by atoms with Gasteiger partial charge in [0.15, 0.2) is 11.5 Å². The topological polar surface area (TPSA) is 73.7 Å². The van der Waals surface area contributed by atoms with Crippen molar-refractivity contribution in [3.63, 3.8) is 0 Å². The second kappa shape index (κ2) is 8.07. The van der Waals surface area contributed by atoms with E-state index < -0.39 is 17.7 Å². The number of hydrogen-bond acceptors (Lipinski definition) is 5. The third kappa shape index (κ3) is 3.50. The highest BCUT2D eigenvalue weighted by molar-refractivity contribution is 6.16. The third-order valence-electron chi connectivity index (χ3n) is 5.68. The Kier molecular flexibility index (Phi) is 5.34. The molecule has 1 unspecified atom stereocenters. The van der Waals surface area contributed by atoms with Crippen LogP contribution in [0.1, 0.15) is 44.2 Å². The lowest BCUT2D eigenvalue weighted by atomic mass is 9.96. The molecule has 1 aromatic carbocycles. The molecular formula is C23H25N3O3. The van der Waals surface area contributed by atoms with Gasteiger partial charge in [0.2, 0.25) is 0 Å². The van der Waals surface area contributed by atoms with Gasteiger partial charge in [-0.1, -0.05) is 13.0 Å². The van der Waals surface area contributed by atoms with Crippen LogP contribution in [-0.4, -0.2) is 34.9 Å². The SMILES string of the molecule is CCC(=O)C1=C(O)C(=O)N(c2ccc(N3CCCCC3)cc2)C1c1cccnc1. The number of rotatable bonds is 5. The van der Waals surface area contributed by atoms with E-state index in [1.807, 2.05) is 30.3 Å². The lowest BCUT2D eigenvalue weighted by Gasteiger charge is -2.30. The van der Waals surface area contributed by atoms with Crippen molar-refractivity contribution < 1.29 is 14.7 Å². The normalized spacial score (nSPS) is 19.8. The van der Waals surface area contributed by atoms with E-state index in [1.165, 1.54) is 24.2 Å². The number of anilines is 2. The van der Waals surface area contributed by atoms with Gasteiger partial charge in [0.05, 0.1) is 11.6 Å². The Hall–Kier alpha value is -3.15. The number of ketones is 1. The molecule has 0 radical (unpaired) electrons. The second-order valence-electron chi connectivity index (χ2n) is 7.47. The van der Waals surface area contributed by atoms with Crippen LogP contribution in [0.4, 0.5) is 11.4 Å². The van der Waals surface area contributed by atoms with Gasteiger partial charge in [-0.15, -0.1) is 0 Å². The molecule has 0 spiro atoms. The van der Waals surface area contributed by atoms with Crippen LogP contribution >= 0.6 is 0 Å². The quantitative estimate of drug-likeness (QED) is 0.835. The van der Waals surface area contributed by atoms with Crippen LogP contribution in [0.3, 0.4) is 0 Å². The van der Waals surface area contributed by atoms with Crippen molar-refractivity contribution in [2.75, 3.05) is 22.9 Å². The van der Waals surface area contributed by atoms with E-state index in [9.17, 15) is 14.7 Å². The van der Waals surface area contributed by atoms with Crippen molar-refractivity contribution >= 4 is 23.1 Å². The van der Waals surface area contributed by atoms with E-state index >= 15 is 0 Å². The molecule has 6 heteroatoms. The van der Waals surface area contributed by atoms with Crippen LogP contribution < -0.4 is 9.80 Å². The smallest absolute Gasteiger partial charge is 0.294 e. The number of aliphatic hydroxyl groups excluding tert-OH is 1. The number of Topliss-reactive ketones (excluding diaryl/α,β-unsaturated/α-hetero) is 1. The Labute approximate surface area is 170 Å². The highest BCUT2D eigenvalue weighted by atomic mass is 16.3. The molecule has 4 rings (SSSR count). The van der Waals surface area contributed by atoms with Crippen LogP contribution in [0, 0.1) is 0 Å². The van der Waals surface area contributed by atoms with Gasteiger partial charge in [0.25, 0.3) is 5.91 Å². The summed E-state index contributed by atoms with van der Waals surface area (Å²) in [7, 11) is 0. The maximum atomic E-state index is 12.9. The number of aliphatic hydroxyl groups is 1. The average Bonchev–Trinajstić information content (AvgIpc) is 3.05. The summed E-state index contributed by atoms with van der Waals surface area (Å²) in [6.07, 6.45) is 7.14. The monoisotopic (exact) mass is 391 g/mol. The first-order valence-corrected chi connectivity index (χ1v) is 10.2. The largest absolute Gasteiger partial charge is 0.503 e. The molecule has 6 nitrogen and oxygen atoms in total. The fourth-order valence-electron chi connectivity index (χ4n) is 4.18. The molecule has 0 bridgehead atoms. The molecule has 29 heavy (non-hydrogen) atoms. The molecule has 1 saturated heterocycles. The lowest BCUT2D eigenvalue weighted by Crippen LogP contribution is -2.31. The zero-order valence-corrected chi connectivity index (χ0v) is 16.5. The van der Waals surface area contributed by atoms with Crippen molar-refractivity contribution in [1.29, 1.82) is 0 Å². The maximum absolute atomic E-state index is 12.9. The van der Waals surface area contributed by atoms with E-state index in [4.69, 9.17) is 0 Å². The number of piperidine rings is 1. The van der Waals surface area contributed by atoms with Crippen molar-refractivity contribution in [3.8, 4) is 0 Å². The molecule has 1 amide bonds. The summed E-state index contributed by atoms with van der Waals surface area (Å²) in [5.41, 5.74) is 2.61. The van der Waals surface area contributed by atoms with Gasteiger partial charge < -0.3 is 10.0 Å². The standard InChI is InChI=1S/C23H25N3O3/c1-2-19(27)20-21(16-7-6-12-24-15-16)26(23(29)22(20)28)18-10-8-17(9-11-18)25-13-4-3-5-14-25/h6-12,15,21,28H,2-5,13-14H2,1H3. The van der Waals surface area contributed by atoms with E-state index in [2.05, 4.69) is 9.88 Å². The average molecular weight is 391 g/mol. The van der Waals surface area contributed by atoms with E-state index in [1.54, 1.807) is 25.4 Å². The molecule has 0 aliphatic carbocycles. The van der Waals surface area contributed by atoms with Crippen molar-refractivity contribution in [2.24, 2.45) is 0 Å². The molecule has 1 fully saturated rings. The number of pyridine rings is 1. The summed E-state index contributed by atoms with van der Waals surface area (Å²) in [5.74, 6) is -1.26. The fraction of sp³-hybridized carbons (Fsp3) is 0.348. The minimum absolute atomic E-state index is 0.144. The van der Waals surface area contributed by atoms with Gasteiger partial charge in [0.1, 0.15) is 0 Å². The van der Waals surface area contributed by atoms with Crippen LogP contribution in [-0.2, 0) is 9.59 Å². The zero-order valence-electron chi connectivity index (χ0n) is 16.5. The summed E-state index contributed by atoms with van der Waals surface area (Å²) in [4.78, 5) is 33.5. The Balaban J connectivity index is 1.71. The number of nitrogens with zero attached hydrogens (tertiary/aromatic N) is 3. The van der Waals surface area contributed by atoms with Gasteiger partial charge >= 0.3 is 0 Å². The highest BCUT2D eigenvalue weighted by Gasteiger charge is 2.43. The first-order valence-electron chi connectivity index (χ1n) is 10.2. The molecule has 2 aliphatic rings. The summed E-state index contributed by atoms with van der Waals surface area (Å²) >= 11 is 0. The summed E-state index contributed by atoms with van der Waals surface area (Å²) in [5, 5.41) is 10.5. The van der Waals surface area contributed by atoms with E-state index in [-0.39, 0.29) is 17.8 Å². The Morgan fingerprint density at radius 3 is 2.41 bits per heavy atom. The number of aromatic nitrogens is 1. The number of carbonyl (C=O) groups is 2. The molecule has 1 N–H and O–H groups in total. The lowest BCUT2D eigenvalue weighted by molar-refractivity contribution is -0.118. The molecule has 0 saturated carbocycles. The molecule has 1 aromatic heterocycles. The summed E-state index contributed by atoms with van der Waals surface area (Å²) in [6.45, 7) is 3.80. The Morgan fingerprint density at radius 1 is 1.10 bits per heavy atom. The molecule has 150 valence electrons. The second-order valence-corrected chi connectivity index (χ2v) is 7.47. The first kappa shape index (κ1) is 19.2. The van der Waals surface area contributed by atoms with Crippen molar-refractivity contribution in [1.82, 2.24) is 4.98 Å². The number of hydrogen-bond donors (Lipinski definition) is 1. The fourth-order valence-corrected chi connectivity index (χ4v) is 4.18. The summed E-state index contributed by atoms with van der Waals surface area (Å²) in [6, 6.07) is 10.7. The zero-order chi connectivity index (χ0) is 20.4. The summed E-state index contributed by atoms with van der Waals surface area (Å²) < 4.78 is 0. The van der Waals surface area contributed by atoms with Crippen LogP contribution in [0.15, 0.2) is 60.1 Å². The number of benzene rings is 1. The van der Waals surface area contributed by atoms with Gasteiger partial charge in [-0.05, 0) is 55.2 Å². The van der Waals surface area contributed by atoms with Gasteiger partial charge in [-0.3, -0.25) is 19.5 Å². The van der Waals surface area contributed by atoms with E-state index in [0.29, 0.717) is 11.3 Å². The number of carbonyl (C=O) groups excluding carboxylic acids is 2. The Bertz CT molecular complexity index is 932. The minimum Gasteiger partial charge on any atom is -0.503 e. The maximum Gasteiger partial charge on any atom is 0.294 e. The van der Waals surface area contributed by atoms with Crippen LogP contribution in [0.5, 0.6) is 0 Å². The molecular weight excluding hydrogens is 366 g/mol. The van der Waals surface area contributed by atoms with Crippen LogP contribution in [0.25, 0.3) is 0 Å². The van der Waals surface area contributed by atoms with Crippen molar-refractivity contribution in [2.45, 2.75) is 38.6 Å². The number of amides is 1. The molecule has 2 aromatic rings. The van der Waals surface area contributed by atoms with Gasteiger partial charge in [0, 0.05) is 43.3 Å². The van der Waals surface area contributed by atoms with Crippen LogP contribution in [0.2, 0.25) is 0 Å². The van der Waals surface area contributed by atoms with Gasteiger partial charge in [-0.25, -0.2) is 0 Å². The predicted octanol–water partition coefficient (Wildman–Crippen LogP) is 3.95.